The molecule has 0 radical (unpaired) electrons. The van der Waals surface area contributed by atoms with Crippen molar-refractivity contribution >= 4 is 11.8 Å². The van der Waals surface area contributed by atoms with Gasteiger partial charge in [0.15, 0.2) is 0 Å². The molecule has 2 heteroatoms. The Balaban J connectivity index is 1.78. The minimum atomic E-state index is 0.722. The Morgan fingerprint density at radius 1 is 1.33 bits per heavy atom. The smallest absolute Gasteiger partial charge is 0.0107 e. The van der Waals surface area contributed by atoms with Gasteiger partial charge < -0.3 is 5.32 Å². The zero-order chi connectivity index (χ0) is 12.8. The molecule has 2 rings (SSSR count). The van der Waals surface area contributed by atoms with Gasteiger partial charge in [-0.25, -0.2) is 0 Å². The van der Waals surface area contributed by atoms with E-state index in [-0.39, 0.29) is 0 Å². The fourth-order valence-corrected chi connectivity index (χ4v) is 4.16. The van der Waals surface area contributed by atoms with Gasteiger partial charge in [0, 0.05) is 16.7 Å². The molecule has 1 heterocycles. The summed E-state index contributed by atoms with van der Waals surface area (Å²) in [5.41, 5.74) is 1.60. The molecule has 1 aromatic rings. The van der Waals surface area contributed by atoms with E-state index < -0.39 is 0 Å². The second-order valence-electron chi connectivity index (χ2n) is 5.25. The van der Waals surface area contributed by atoms with E-state index in [2.05, 4.69) is 43.6 Å². The van der Waals surface area contributed by atoms with Crippen LogP contribution in [-0.2, 0) is 0 Å². The predicted octanol–water partition coefficient (Wildman–Crippen LogP) is 4.43. The maximum absolute atomic E-state index is 3.44. The van der Waals surface area contributed by atoms with Gasteiger partial charge in [0.2, 0.25) is 0 Å². The topological polar surface area (TPSA) is 12.0 Å². The Labute approximate surface area is 116 Å². The maximum atomic E-state index is 3.44. The van der Waals surface area contributed by atoms with Crippen LogP contribution in [0.5, 0.6) is 0 Å². The molecule has 0 saturated heterocycles. The highest BCUT2D eigenvalue weighted by Crippen LogP contribution is 2.41. The van der Waals surface area contributed by atoms with Crippen LogP contribution in [0, 0.1) is 0 Å². The Bertz CT molecular complexity index is 364. The molecule has 0 saturated carbocycles. The molecular formula is C16H25NS. The quantitative estimate of drug-likeness (QED) is 0.781. The number of thioether (sulfide) groups is 1. The third kappa shape index (κ3) is 3.52. The van der Waals surface area contributed by atoms with Crippen LogP contribution < -0.4 is 5.32 Å². The minimum Gasteiger partial charge on any atom is -0.317 e. The van der Waals surface area contributed by atoms with Gasteiger partial charge in [0.05, 0.1) is 0 Å². The van der Waals surface area contributed by atoms with Crippen molar-refractivity contribution in [2.24, 2.45) is 0 Å². The Kier molecular flexibility index (Phi) is 5.58. The number of hydrogen-bond donors (Lipinski definition) is 1. The van der Waals surface area contributed by atoms with E-state index in [1.807, 2.05) is 11.8 Å². The molecule has 0 amide bonds. The molecule has 0 fully saturated rings. The predicted molar refractivity (Wildman–Crippen MR) is 81.5 cm³/mol. The first-order valence-corrected chi connectivity index (χ1v) is 8.22. The highest BCUT2D eigenvalue weighted by molar-refractivity contribution is 7.99. The molecule has 100 valence electrons. The minimum absolute atomic E-state index is 0.722. The molecule has 1 nitrogen and oxygen atoms in total. The summed E-state index contributed by atoms with van der Waals surface area (Å²) in [5.74, 6) is 2.09. The maximum Gasteiger partial charge on any atom is 0.0107 e. The van der Waals surface area contributed by atoms with Crippen LogP contribution in [0.15, 0.2) is 29.2 Å². The molecular weight excluding hydrogens is 238 g/mol. The fraction of sp³-hybridized carbons (Fsp3) is 0.625. The van der Waals surface area contributed by atoms with Crippen molar-refractivity contribution in [3.8, 4) is 0 Å². The number of benzene rings is 1. The lowest BCUT2D eigenvalue weighted by atomic mass is 9.94. The van der Waals surface area contributed by atoms with Gasteiger partial charge in [-0.3, -0.25) is 0 Å². The Hall–Kier alpha value is -0.470. The van der Waals surface area contributed by atoms with Crippen LogP contribution >= 0.6 is 11.8 Å². The highest BCUT2D eigenvalue weighted by atomic mass is 32.2. The number of hydrogen-bond acceptors (Lipinski definition) is 2. The standard InChI is InChI=1S/C16H25NS/c1-3-7-14(17-2)9-6-8-13-12-18-16-11-5-4-10-15(13)16/h4-5,10-11,13-14,17H,3,6-9,12H2,1-2H3. The average Bonchev–Trinajstić information content (AvgIpc) is 2.81. The molecule has 18 heavy (non-hydrogen) atoms. The fourth-order valence-electron chi connectivity index (χ4n) is 2.86. The molecule has 0 spiro atoms. The Morgan fingerprint density at radius 2 is 2.17 bits per heavy atom. The summed E-state index contributed by atoms with van der Waals surface area (Å²) in [6.07, 6.45) is 6.63. The number of nitrogens with one attached hydrogen (secondary N) is 1. The summed E-state index contributed by atoms with van der Waals surface area (Å²) < 4.78 is 0. The largest absolute Gasteiger partial charge is 0.317 e. The van der Waals surface area contributed by atoms with E-state index in [1.54, 1.807) is 5.56 Å². The molecule has 1 N–H and O–H groups in total. The number of fused-ring (bicyclic) bond motifs is 1. The van der Waals surface area contributed by atoms with E-state index in [0.29, 0.717) is 0 Å². The summed E-state index contributed by atoms with van der Waals surface area (Å²) in [4.78, 5) is 1.52. The van der Waals surface area contributed by atoms with Gasteiger partial charge in [-0.15, -0.1) is 11.8 Å². The van der Waals surface area contributed by atoms with Crippen molar-refractivity contribution in [1.29, 1.82) is 0 Å². The van der Waals surface area contributed by atoms with Crippen molar-refractivity contribution in [3.05, 3.63) is 29.8 Å². The van der Waals surface area contributed by atoms with Crippen molar-refractivity contribution < 1.29 is 0 Å². The third-order valence-corrected chi connectivity index (χ3v) is 5.20. The zero-order valence-corrected chi connectivity index (χ0v) is 12.4. The second-order valence-corrected chi connectivity index (χ2v) is 6.31. The monoisotopic (exact) mass is 263 g/mol. The molecule has 2 atom stereocenters. The molecule has 0 bridgehead atoms. The molecule has 1 aromatic carbocycles. The molecule has 1 aliphatic heterocycles. The van der Waals surface area contributed by atoms with Gasteiger partial charge in [-0.1, -0.05) is 38.0 Å². The van der Waals surface area contributed by atoms with Crippen LogP contribution in [0.4, 0.5) is 0 Å². The van der Waals surface area contributed by atoms with E-state index in [9.17, 15) is 0 Å². The Morgan fingerprint density at radius 3 is 2.94 bits per heavy atom. The zero-order valence-electron chi connectivity index (χ0n) is 11.6. The van der Waals surface area contributed by atoms with Crippen LogP contribution in [0.1, 0.15) is 50.5 Å². The lowest BCUT2D eigenvalue weighted by Gasteiger charge is -2.16. The first-order chi connectivity index (χ1) is 8.85. The van der Waals surface area contributed by atoms with Gasteiger partial charge in [-0.2, -0.15) is 0 Å². The molecule has 2 unspecified atom stereocenters. The first kappa shape index (κ1) is 14.0. The molecule has 0 aliphatic carbocycles. The summed E-state index contributed by atoms with van der Waals surface area (Å²) in [6.45, 7) is 2.27. The normalized spacial score (nSPS) is 19.8. The highest BCUT2D eigenvalue weighted by Gasteiger charge is 2.22. The van der Waals surface area contributed by atoms with E-state index in [0.717, 1.165) is 12.0 Å². The van der Waals surface area contributed by atoms with Gasteiger partial charge in [0.1, 0.15) is 0 Å². The lowest BCUT2D eigenvalue weighted by Crippen LogP contribution is -2.24. The average molecular weight is 263 g/mol. The summed E-state index contributed by atoms with van der Waals surface area (Å²) >= 11 is 2.04. The van der Waals surface area contributed by atoms with Crippen molar-refractivity contribution in [1.82, 2.24) is 5.32 Å². The third-order valence-electron chi connectivity index (χ3n) is 3.95. The van der Waals surface area contributed by atoms with Gasteiger partial charge in [0.25, 0.3) is 0 Å². The van der Waals surface area contributed by atoms with Crippen LogP contribution in [-0.4, -0.2) is 18.8 Å². The van der Waals surface area contributed by atoms with E-state index in [1.165, 1.54) is 42.8 Å². The first-order valence-electron chi connectivity index (χ1n) is 7.24. The van der Waals surface area contributed by atoms with Crippen LogP contribution in [0.25, 0.3) is 0 Å². The van der Waals surface area contributed by atoms with Crippen LogP contribution in [0.2, 0.25) is 0 Å². The summed E-state index contributed by atoms with van der Waals surface area (Å²) in [6, 6.07) is 9.66. The SMILES string of the molecule is CCCC(CCCC1CSc2ccccc21)NC. The summed E-state index contributed by atoms with van der Waals surface area (Å²) in [5, 5.41) is 3.44. The van der Waals surface area contributed by atoms with Crippen molar-refractivity contribution in [3.63, 3.8) is 0 Å². The van der Waals surface area contributed by atoms with Crippen LogP contribution in [0.3, 0.4) is 0 Å². The van der Waals surface area contributed by atoms with E-state index in [4.69, 9.17) is 0 Å². The van der Waals surface area contributed by atoms with E-state index >= 15 is 0 Å². The van der Waals surface area contributed by atoms with Gasteiger partial charge in [-0.05, 0) is 43.9 Å². The van der Waals surface area contributed by atoms with Crippen molar-refractivity contribution in [2.45, 2.75) is 55.9 Å². The van der Waals surface area contributed by atoms with Crippen molar-refractivity contribution in [2.75, 3.05) is 12.8 Å². The second kappa shape index (κ2) is 7.20. The molecule has 0 aromatic heterocycles. The molecule has 1 aliphatic rings. The summed E-state index contributed by atoms with van der Waals surface area (Å²) in [7, 11) is 2.10. The lowest BCUT2D eigenvalue weighted by molar-refractivity contribution is 0.453. The van der Waals surface area contributed by atoms with Gasteiger partial charge >= 0.3 is 0 Å². The number of rotatable bonds is 7.